The zero-order valence-electron chi connectivity index (χ0n) is 21.6. The number of hydrogen-bond donors (Lipinski definition) is 3. The van der Waals surface area contributed by atoms with E-state index in [0.29, 0.717) is 41.8 Å². The number of rotatable bonds is 5. The number of aromatic nitrogens is 3. The van der Waals surface area contributed by atoms with E-state index in [9.17, 15) is 15.0 Å². The number of hydrogen-bond acceptors (Lipinski definition) is 8. The second-order valence-corrected chi connectivity index (χ2v) is 11.9. The van der Waals surface area contributed by atoms with Crippen molar-refractivity contribution < 1.29 is 19.7 Å². The van der Waals surface area contributed by atoms with Gasteiger partial charge in [-0.25, -0.2) is 14.8 Å². The molecule has 1 aliphatic rings. The van der Waals surface area contributed by atoms with E-state index in [2.05, 4.69) is 20.3 Å². The summed E-state index contributed by atoms with van der Waals surface area (Å²) in [5, 5.41) is 25.7. The molecule has 0 spiro atoms. The molecular weight excluding hydrogens is 514 g/mol. The molecule has 1 aromatic carbocycles. The van der Waals surface area contributed by atoms with Gasteiger partial charge >= 0.3 is 6.09 Å². The maximum absolute atomic E-state index is 12.0. The number of thiazole rings is 1. The fourth-order valence-corrected chi connectivity index (χ4v) is 5.93. The second kappa shape index (κ2) is 10.4. The summed E-state index contributed by atoms with van der Waals surface area (Å²) in [6.07, 6.45) is 3.60. The highest BCUT2D eigenvalue weighted by Crippen LogP contribution is 2.43. The molecule has 37 heavy (non-hydrogen) atoms. The first-order chi connectivity index (χ1) is 17.4. The number of likely N-dealkylation sites (tertiary alicyclic amines) is 1. The van der Waals surface area contributed by atoms with Crippen LogP contribution < -0.4 is 10.1 Å². The summed E-state index contributed by atoms with van der Waals surface area (Å²) in [7, 11) is 1.50. The first-order valence-electron chi connectivity index (χ1n) is 12.0. The monoisotopic (exact) mass is 545 g/mol. The molecule has 1 fully saturated rings. The molecule has 0 bridgehead atoms. The smallest absolute Gasteiger partial charge is 0.407 e. The van der Waals surface area contributed by atoms with Gasteiger partial charge in [0.2, 0.25) is 11.8 Å². The number of carbonyl (C=O) groups is 1. The minimum Gasteiger partial charge on any atom is -0.480 e. The van der Waals surface area contributed by atoms with Crippen LogP contribution in [0.4, 0.5) is 16.4 Å². The van der Waals surface area contributed by atoms with Crippen LogP contribution in [0.15, 0.2) is 30.6 Å². The fraction of sp³-hybridized carbons (Fsp3) is 0.462. The highest BCUT2D eigenvalue weighted by molar-refractivity contribution is 7.15. The van der Waals surface area contributed by atoms with E-state index >= 15 is 0 Å². The molecule has 9 nitrogen and oxygen atoms in total. The van der Waals surface area contributed by atoms with E-state index in [1.165, 1.54) is 29.5 Å². The Morgan fingerprint density at radius 2 is 2.03 bits per heavy atom. The van der Waals surface area contributed by atoms with Crippen LogP contribution in [-0.2, 0) is 5.60 Å². The topological polar surface area (TPSA) is 121 Å². The number of carboxylic acid groups (broad SMARTS) is 1. The zero-order chi connectivity index (χ0) is 27.0. The van der Waals surface area contributed by atoms with E-state index < -0.39 is 11.7 Å². The molecular formula is C26H32ClN5O4S. The Morgan fingerprint density at radius 3 is 2.70 bits per heavy atom. The van der Waals surface area contributed by atoms with Gasteiger partial charge in [-0.05, 0) is 48.4 Å². The van der Waals surface area contributed by atoms with Gasteiger partial charge in [-0.15, -0.1) is 11.3 Å². The molecule has 1 unspecified atom stereocenters. The van der Waals surface area contributed by atoms with E-state index in [1.807, 2.05) is 45.9 Å². The third-order valence-electron chi connectivity index (χ3n) is 6.57. The molecule has 3 heterocycles. The summed E-state index contributed by atoms with van der Waals surface area (Å²) in [4.78, 5) is 27.4. The van der Waals surface area contributed by atoms with Crippen molar-refractivity contribution in [3.63, 3.8) is 0 Å². The Bertz CT molecular complexity index is 1290. The minimum atomic E-state index is -1.20. The molecule has 3 aromatic rings. The molecule has 2 atom stereocenters. The Labute approximate surface area is 225 Å². The van der Waals surface area contributed by atoms with E-state index in [0.717, 1.165) is 21.7 Å². The van der Waals surface area contributed by atoms with Crippen molar-refractivity contribution in [1.29, 1.82) is 0 Å². The largest absolute Gasteiger partial charge is 0.480 e. The van der Waals surface area contributed by atoms with Crippen LogP contribution in [0.5, 0.6) is 5.88 Å². The van der Waals surface area contributed by atoms with Crippen LogP contribution in [0.1, 0.15) is 50.6 Å². The number of anilines is 2. The molecule has 1 saturated heterocycles. The quantitative estimate of drug-likeness (QED) is 0.352. The summed E-state index contributed by atoms with van der Waals surface area (Å²) >= 11 is 7.47. The number of aliphatic hydroxyl groups is 1. The predicted octanol–water partition coefficient (Wildman–Crippen LogP) is 6.08. The maximum Gasteiger partial charge on any atom is 0.407 e. The van der Waals surface area contributed by atoms with Gasteiger partial charge in [0.05, 0.1) is 18.2 Å². The van der Waals surface area contributed by atoms with Crippen LogP contribution in [-0.4, -0.2) is 55.9 Å². The molecule has 2 aromatic heterocycles. The normalized spacial score (nSPS) is 20.4. The number of nitrogens with zero attached hydrogens (tertiary/aromatic N) is 4. The number of ether oxygens (including phenoxy) is 1. The van der Waals surface area contributed by atoms with Crippen molar-refractivity contribution in [2.45, 2.75) is 58.6 Å². The van der Waals surface area contributed by atoms with Crippen molar-refractivity contribution in [2.75, 3.05) is 19.0 Å². The molecule has 1 amide bonds. The maximum atomic E-state index is 12.0. The van der Waals surface area contributed by atoms with Crippen LogP contribution in [0.25, 0.3) is 10.4 Å². The Kier molecular flexibility index (Phi) is 7.64. The third-order valence-corrected chi connectivity index (χ3v) is 8.07. The van der Waals surface area contributed by atoms with Crippen LogP contribution in [0.3, 0.4) is 0 Å². The van der Waals surface area contributed by atoms with Gasteiger partial charge in [-0.2, -0.15) is 4.98 Å². The molecule has 4 rings (SSSR count). The lowest BCUT2D eigenvalue weighted by molar-refractivity contribution is -0.0107. The summed E-state index contributed by atoms with van der Waals surface area (Å²) < 4.78 is 5.18. The summed E-state index contributed by atoms with van der Waals surface area (Å²) in [6.45, 7) is 8.41. The van der Waals surface area contributed by atoms with E-state index in [-0.39, 0.29) is 17.3 Å². The third kappa shape index (κ3) is 5.97. The molecule has 3 N–H and O–H groups in total. The van der Waals surface area contributed by atoms with Gasteiger partial charge in [-0.1, -0.05) is 38.4 Å². The minimum absolute atomic E-state index is 0.283. The standard InChI is InChI=1S/C26H32ClN5O4S/c1-15-9-16(11-17(10-15)30-23-29-13-18(27)21(31-23)36-5)19-14-28-22(37-19)26(35)7-6-8-32(24(33)34)20(12-26)25(2,3)4/h9-11,13-14,20,35H,6-8,12H2,1-5H3,(H,33,34)(H,29,30,31)/t20?,26-/m0/s1. The van der Waals surface area contributed by atoms with Crippen LogP contribution >= 0.6 is 22.9 Å². The Balaban J connectivity index is 1.62. The second-order valence-electron chi connectivity index (χ2n) is 10.5. The lowest BCUT2D eigenvalue weighted by atomic mass is 9.79. The Morgan fingerprint density at radius 1 is 1.27 bits per heavy atom. The number of benzene rings is 1. The van der Waals surface area contributed by atoms with Gasteiger partial charge in [-0.3, -0.25) is 0 Å². The lowest BCUT2D eigenvalue weighted by Gasteiger charge is -2.40. The number of halogens is 1. The summed E-state index contributed by atoms with van der Waals surface area (Å²) in [5.41, 5.74) is 1.20. The van der Waals surface area contributed by atoms with Crippen molar-refractivity contribution >= 4 is 40.7 Å². The average Bonchev–Trinajstić information content (AvgIpc) is 3.24. The van der Waals surface area contributed by atoms with Crippen LogP contribution in [0, 0.1) is 12.3 Å². The molecule has 198 valence electrons. The van der Waals surface area contributed by atoms with Crippen molar-refractivity contribution in [3.8, 4) is 16.3 Å². The van der Waals surface area contributed by atoms with Gasteiger partial charge in [0.1, 0.15) is 15.6 Å². The van der Waals surface area contributed by atoms with Crippen molar-refractivity contribution in [1.82, 2.24) is 19.9 Å². The average molecular weight is 546 g/mol. The van der Waals surface area contributed by atoms with Crippen LogP contribution in [0.2, 0.25) is 5.02 Å². The van der Waals surface area contributed by atoms with Gasteiger partial charge in [0, 0.05) is 30.9 Å². The highest BCUT2D eigenvalue weighted by Gasteiger charge is 2.45. The predicted molar refractivity (Wildman–Crippen MR) is 145 cm³/mol. The fourth-order valence-electron chi connectivity index (χ4n) is 4.73. The lowest BCUT2D eigenvalue weighted by Crippen LogP contribution is -2.48. The van der Waals surface area contributed by atoms with Crippen molar-refractivity contribution in [2.24, 2.45) is 5.41 Å². The van der Waals surface area contributed by atoms with Gasteiger partial charge in [0.25, 0.3) is 0 Å². The first-order valence-corrected chi connectivity index (χ1v) is 13.2. The molecule has 0 saturated carbocycles. The molecule has 0 aliphatic carbocycles. The van der Waals surface area contributed by atoms with Gasteiger partial charge < -0.3 is 25.2 Å². The number of aryl methyl sites for hydroxylation is 1. The highest BCUT2D eigenvalue weighted by atomic mass is 35.5. The number of methoxy groups -OCH3 is 1. The van der Waals surface area contributed by atoms with Gasteiger partial charge in [0.15, 0.2) is 0 Å². The first kappa shape index (κ1) is 27.1. The summed E-state index contributed by atoms with van der Waals surface area (Å²) in [5.74, 6) is 0.637. The van der Waals surface area contributed by atoms with E-state index in [4.69, 9.17) is 16.3 Å². The summed E-state index contributed by atoms with van der Waals surface area (Å²) in [6, 6.07) is 5.66. The van der Waals surface area contributed by atoms with Crippen molar-refractivity contribution in [3.05, 3.63) is 46.2 Å². The number of amides is 1. The Hall–Kier alpha value is -2.95. The molecule has 1 aliphatic heterocycles. The van der Waals surface area contributed by atoms with E-state index in [1.54, 1.807) is 6.20 Å². The SMILES string of the molecule is COc1nc(Nc2cc(C)cc(-c3cnc([C@]4(O)CCCN(C(=O)O)C(C(C)(C)C)C4)s3)c2)ncc1Cl. The molecule has 11 heteroatoms. The zero-order valence-corrected chi connectivity index (χ0v) is 23.2. The number of nitrogens with one attached hydrogen (secondary N) is 1. The molecule has 0 radical (unpaired) electrons.